The summed E-state index contributed by atoms with van der Waals surface area (Å²) in [6.07, 6.45) is 3.72. The maximum absolute atomic E-state index is 12.0. The van der Waals surface area contributed by atoms with Crippen LogP contribution in [-0.4, -0.2) is 41.9 Å². The smallest absolute Gasteiger partial charge is 0.328 e. The van der Waals surface area contributed by atoms with Gasteiger partial charge in [-0.2, -0.15) is 12.7 Å². The molecule has 1 aromatic heterocycles. The van der Waals surface area contributed by atoms with E-state index in [9.17, 15) is 13.2 Å². The Balaban J connectivity index is 2.94. The molecule has 110 valence electrons. The number of hydrogen-bond donors (Lipinski definition) is 2. The van der Waals surface area contributed by atoms with Crippen LogP contribution in [0, 0.1) is 0 Å². The molecule has 0 spiro atoms. The van der Waals surface area contributed by atoms with Crippen LogP contribution in [0.15, 0.2) is 24.4 Å². The van der Waals surface area contributed by atoms with Crippen LogP contribution in [0.1, 0.15) is 19.4 Å². The fourth-order valence-corrected chi connectivity index (χ4v) is 2.33. The van der Waals surface area contributed by atoms with Crippen LogP contribution in [-0.2, 0) is 15.0 Å². The van der Waals surface area contributed by atoms with Gasteiger partial charge in [0, 0.05) is 25.4 Å². The lowest BCUT2D eigenvalue weighted by Crippen LogP contribution is -2.37. The van der Waals surface area contributed by atoms with Gasteiger partial charge in [0.05, 0.1) is 0 Å². The predicted octanol–water partition coefficient (Wildman–Crippen LogP) is 1.18. The van der Waals surface area contributed by atoms with Crippen LogP contribution in [0.25, 0.3) is 6.08 Å². The van der Waals surface area contributed by atoms with Crippen molar-refractivity contribution < 1.29 is 18.3 Å². The van der Waals surface area contributed by atoms with Gasteiger partial charge in [-0.1, -0.05) is 0 Å². The van der Waals surface area contributed by atoms with Gasteiger partial charge in [-0.25, -0.2) is 9.78 Å². The summed E-state index contributed by atoms with van der Waals surface area (Å²) in [4.78, 5) is 14.3. The van der Waals surface area contributed by atoms with Crippen LogP contribution >= 0.6 is 0 Å². The maximum atomic E-state index is 12.0. The summed E-state index contributed by atoms with van der Waals surface area (Å²) in [5.74, 6) is -0.950. The molecule has 0 saturated heterocycles. The van der Waals surface area contributed by atoms with E-state index in [2.05, 4.69) is 9.71 Å². The van der Waals surface area contributed by atoms with E-state index in [1.165, 1.54) is 29.7 Å². The Bertz CT molecular complexity index is 611. The second-order valence-electron chi connectivity index (χ2n) is 4.36. The van der Waals surface area contributed by atoms with E-state index in [4.69, 9.17) is 5.11 Å². The van der Waals surface area contributed by atoms with Gasteiger partial charge in [-0.05, 0) is 37.6 Å². The van der Waals surface area contributed by atoms with Crippen molar-refractivity contribution in [3.8, 4) is 0 Å². The Morgan fingerprint density at radius 2 is 2.15 bits per heavy atom. The van der Waals surface area contributed by atoms with Crippen LogP contribution in [0.2, 0.25) is 0 Å². The lowest BCUT2D eigenvalue weighted by atomic mass is 10.2. The monoisotopic (exact) mass is 299 g/mol. The van der Waals surface area contributed by atoms with Crippen molar-refractivity contribution in [2.45, 2.75) is 19.9 Å². The normalized spacial score (nSPS) is 12.2. The number of nitrogens with one attached hydrogen (secondary N) is 1. The van der Waals surface area contributed by atoms with Crippen molar-refractivity contribution in [3.05, 3.63) is 30.0 Å². The predicted molar refractivity (Wildman–Crippen MR) is 76.3 cm³/mol. The van der Waals surface area contributed by atoms with Crippen molar-refractivity contribution in [3.63, 3.8) is 0 Å². The summed E-state index contributed by atoms with van der Waals surface area (Å²) in [5.41, 5.74) is 0.535. The minimum atomic E-state index is -3.68. The lowest BCUT2D eigenvalue weighted by molar-refractivity contribution is -0.131. The zero-order valence-corrected chi connectivity index (χ0v) is 12.3. The van der Waals surface area contributed by atoms with E-state index < -0.39 is 16.2 Å². The van der Waals surface area contributed by atoms with Gasteiger partial charge >= 0.3 is 16.2 Å². The van der Waals surface area contributed by atoms with Crippen molar-refractivity contribution in [1.29, 1.82) is 0 Å². The van der Waals surface area contributed by atoms with Crippen molar-refractivity contribution >= 4 is 28.1 Å². The summed E-state index contributed by atoms with van der Waals surface area (Å²) < 4.78 is 27.5. The average Bonchev–Trinajstić information content (AvgIpc) is 2.35. The number of carboxylic acid groups (broad SMARTS) is 1. The van der Waals surface area contributed by atoms with Crippen LogP contribution in [0.5, 0.6) is 0 Å². The highest BCUT2D eigenvalue weighted by molar-refractivity contribution is 7.90. The van der Waals surface area contributed by atoms with E-state index in [0.29, 0.717) is 5.56 Å². The number of rotatable bonds is 6. The van der Waals surface area contributed by atoms with Gasteiger partial charge in [0.15, 0.2) is 0 Å². The topological polar surface area (TPSA) is 99.6 Å². The molecule has 0 aromatic carbocycles. The van der Waals surface area contributed by atoms with Gasteiger partial charge in [0.1, 0.15) is 5.82 Å². The molecule has 8 heteroatoms. The number of anilines is 1. The first-order valence-electron chi connectivity index (χ1n) is 5.85. The second-order valence-corrected chi connectivity index (χ2v) is 6.09. The van der Waals surface area contributed by atoms with Crippen LogP contribution < -0.4 is 4.72 Å². The highest BCUT2D eigenvalue weighted by Gasteiger charge is 2.20. The molecule has 0 bridgehead atoms. The third-order valence-corrected chi connectivity index (χ3v) is 4.19. The van der Waals surface area contributed by atoms with Gasteiger partial charge in [0.2, 0.25) is 0 Å². The lowest BCUT2D eigenvalue weighted by Gasteiger charge is -2.21. The molecular formula is C12H17N3O4S. The first-order chi connectivity index (χ1) is 9.22. The van der Waals surface area contributed by atoms with Gasteiger partial charge in [-0.15, -0.1) is 0 Å². The molecule has 1 heterocycles. The number of carboxylic acids is 1. The number of carbonyl (C=O) groups is 1. The first-order valence-corrected chi connectivity index (χ1v) is 7.29. The third-order valence-electron chi connectivity index (χ3n) is 2.54. The number of nitrogens with zero attached hydrogens (tertiary/aromatic N) is 2. The Morgan fingerprint density at radius 3 is 2.70 bits per heavy atom. The number of aliphatic carboxylic acids is 1. The molecule has 0 radical (unpaired) electrons. The average molecular weight is 299 g/mol. The third kappa shape index (κ3) is 4.63. The summed E-state index contributed by atoms with van der Waals surface area (Å²) in [6.45, 7) is 3.50. The fraction of sp³-hybridized carbons (Fsp3) is 0.333. The molecule has 0 fully saturated rings. The molecule has 0 amide bonds. The van der Waals surface area contributed by atoms with E-state index in [1.54, 1.807) is 19.9 Å². The molecule has 0 atom stereocenters. The molecule has 0 aliphatic carbocycles. The standard InChI is InChI=1S/C12H17N3O4S/c1-9(2)15(3)20(18,19)14-11-8-10(6-7-13-11)4-5-12(16)17/h4-9H,1-3H3,(H,13,14)(H,16,17)/b5-4+. The first kappa shape index (κ1) is 16.1. The Labute approximate surface area is 118 Å². The van der Waals surface area contributed by atoms with Crippen molar-refractivity contribution in [2.75, 3.05) is 11.8 Å². The SMILES string of the molecule is CC(C)N(C)S(=O)(=O)Nc1cc(/C=C/C(=O)O)ccn1. The van der Waals surface area contributed by atoms with Crippen LogP contribution in [0.3, 0.4) is 0 Å². The summed E-state index contributed by atoms with van der Waals surface area (Å²) >= 11 is 0. The maximum Gasteiger partial charge on any atom is 0.328 e. The number of aromatic nitrogens is 1. The molecule has 0 unspecified atom stereocenters. The molecule has 2 N–H and O–H groups in total. The minimum absolute atomic E-state index is 0.130. The number of hydrogen-bond acceptors (Lipinski definition) is 4. The molecule has 0 aliphatic rings. The highest BCUT2D eigenvalue weighted by Crippen LogP contribution is 2.12. The zero-order chi connectivity index (χ0) is 15.3. The van der Waals surface area contributed by atoms with Crippen LogP contribution in [0.4, 0.5) is 5.82 Å². The Morgan fingerprint density at radius 1 is 1.50 bits per heavy atom. The summed E-state index contributed by atoms with van der Waals surface area (Å²) in [5, 5.41) is 8.54. The molecule has 7 nitrogen and oxygen atoms in total. The highest BCUT2D eigenvalue weighted by atomic mass is 32.2. The van der Waals surface area contributed by atoms with E-state index in [0.717, 1.165) is 6.08 Å². The number of pyridine rings is 1. The second kappa shape index (κ2) is 6.49. The molecule has 0 saturated carbocycles. The van der Waals surface area contributed by atoms with Crippen molar-refractivity contribution in [2.24, 2.45) is 0 Å². The quantitative estimate of drug-likeness (QED) is 0.768. The fourth-order valence-electron chi connectivity index (χ4n) is 1.26. The Hall–Kier alpha value is -1.93. The molecule has 20 heavy (non-hydrogen) atoms. The van der Waals surface area contributed by atoms with Gasteiger partial charge in [-0.3, -0.25) is 4.72 Å². The molecular weight excluding hydrogens is 282 g/mol. The Kier molecular flexibility index (Phi) is 5.23. The minimum Gasteiger partial charge on any atom is -0.478 e. The largest absolute Gasteiger partial charge is 0.478 e. The summed E-state index contributed by atoms with van der Waals surface area (Å²) in [7, 11) is -2.22. The zero-order valence-electron chi connectivity index (χ0n) is 11.4. The van der Waals surface area contributed by atoms with E-state index >= 15 is 0 Å². The molecule has 1 rings (SSSR count). The van der Waals surface area contributed by atoms with Crippen molar-refractivity contribution in [1.82, 2.24) is 9.29 Å². The van der Waals surface area contributed by atoms with Gasteiger partial charge < -0.3 is 5.11 Å². The molecule has 0 aliphatic heterocycles. The van der Waals surface area contributed by atoms with E-state index in [1.807, 2.05) is 0 Å². The summed E-state index contributed by atoms with van der Waals surface area (Å²) in [6, 6.07) is 2.83. The van der Waals surface area contributed by atoms with E-state index in [-0.39, 0.29) is 11.9 Å². The van der Waals surface area contributed by atoms with Gasteiger partial charge in [0.25, 0.3) is 0 Å². The molecule has 1 aromatic rings.